The van der Waals surface area contributed by atoms with Crippen molar-refractivity contribution in [3.05, 3.63) is 55.8 Å². The summed E-state index contributed by atoms with van der Waals surface area (Å²) in [4.78, 5) is 28.5. The Balaban J connectivity index is 2.44. The lowest BCUT2D eigenvalue weighted by Gasteiger charge is -2.07. The average Bonchev–Trinajstić information content (AvgIpc) is 2.88. The molecular formula is C12H8ClN3O2S. The second-order valence-electron chi connectivity index (χ2n) is 3.96. The van der Waals surface area contributed by atoms with Gasteiger partial charge in [-0.3, -0.25) is 9.36 Å². The molecule has 3 aromatic heterocycles. The van der Waals surface area contributed by atoms with E-state index in [2.05, 4.69) is 4.98 Å². The fourth-order valence-corrected chi connectivity index (χ4v) is 2.86. The third-order valence-electron chi connectivity index (χ3n) is 2.85. The van der Waals surface area contributed by atoms with Crippen LogP contribution in [0.25, 0.3) is 15.9 Å². The number of aryl methyl sites for hydroxylation is 1. The zero-order chi connectivity index (χ0) is 13.6. The van der Waals surface area contributed by atoms with Gasteiger partial charge in [0.2, 0.25) is 0 Å². The molecule has 0 fully saturated rings. The highest BCUT2D eigenvalue weighted by Crippen LogP contribution is 2.15. The largest absolute Gasteiger partial charge is 0.335 e. The first-order valence-corrected chi connectivity index (χ1v) is 6.66. The Labute approximate surface area is 116 Å². The van der Waals surface area contributed by atoms with Gasteiger partial charge in [-0.25, -0.2) is 14.3 Å². The van der Waals surface area contributed by atoms with Gasteiger partial charge in [0.25, 0.3) is 5.56 Å². The monoisotopic (exact) mass is 293 g/mol. The zero-order valence-corrected chi connectivity index (χ0v) is 11.4. The fraction of sp³-hybridized carbons (Fsp3) is 0.0833. The number of thiophene rings is 1. The van der Waals surface area contributed by atoms with Gasteiger partial charge in [-0.05, 0) is 23.6 Å². The van der Waals surface area contributed by atoms with E-state index in [-0.39, 0.29) is 5.56 Å². The fourth-order valence-electron chi connectivity index (χ4n) is 1.90. The van der Waals surface area contributed by atoms with Crippen molar-refractivity contribution >= 4 is 33.2 Å². The molecule has 0 aliphatic heterocycles. The summed E-state index contributed by atoms with van der Waals surface area (Å²) in [6.45, 7) is 0. The maximum atomic E-state index is 12.3. The molecule has 0 spiro atoms. The molecule has 3 aromatic rings. The van der Waals surface area contributed by atoms with Crippen LogP contribution < -0.4 is 11.2 Å². The maximum absolute atomic E-state index is 12.3. The Morgan fingerprint density at radius 2 is 2.05 bits per heavy atom. The Kier molecular flexibility index (Phi) is 2.76. The lowest BCUT2D eigenvalue weighted by Crippen LogP contribution is -2.37. The van der Waals surface area contributed by atoms with Crippen LogP contribution in [0, 0.1) is 0 Å². The van der Waals surface area contributed by atoms with Crippen molar-refractivity contribution in [2.45, 2.75) is 0 Å². The minimum absolute atomic E-state index is 0.311. The number of rotatable bonds is 1. The van der Waals surface area contributed by atoms with Crippen LogP contribution in [0.5, 0.6) is 0 Å². The van der Waals surface area contributed by atoms with E-state index >= 15 is 0 Å². The highest BCUT2D eigenvalue weighted by Gasteiger charge is 2.13. The predicted molar refractivity (Wildman–Crippen MR) is 75.5 cm³/mol. The van der Waals surface area contributed by atoms with E-state index in [1.165, 1.54) is 22.1 Å². The zero-order valence-electron chi connectivity index (χ0n) is 9.83. The van der Waals surface area contributed by atoms with E-state index in [4.69, 9.17) is 11.6 Å². The van der Waals surface area contributed by atoms with Gasteiger partial charge >= 0.3 is 5.69 Å². The minimum Gasteiger partial charge on any atom is -0.295 e. The van der Waals surface area contributed by atoms with Crippen molar-refractivity contribution in [2.24, 2.45) is 7.05 Å². The number of fused-ring (bicyclic) bond motifs is 1. The Morgan fingerprint density at radius 1 is 1.26 bits per heavy atom. The molecule has 0 N–H and O–H groups in total. The molecule has 3 heterocycles. The van der Waals surface area contributed by atoms with Gasteiger partial charge in [0.1, 0.15) is 9.85 Å². The molecule has 0 amide bonds. The van der Waals surface area contributed by atoms with Gasteiger partial charge in [-0.1, -0.05) is 11.6 Å². The molecule has 3 rings (SSSR count). The second kappa shape index (κ2) is 4.32. The Hall–Kier alpha value is -1.92. The van der Waals surface area contributed by atoms with E-state index < -0.39 is 5.69 Å². The van der Waals surface area contributed by atoms with E-state index in [9.17, 15) is 9.59 Å². The topological polar surface area (TPSA) is 56.9 Å². The molecule has 0 unspecified atom stereocenters. The molecular weight excluding hydrogens is 286 g/mol. The molecule has 5 nitrogen and oxygen atoms in total. The molecule has 0 saturated heterocycles. The van der Waals surface area contributed by atoms with Crippen molar-refractivity contribution in [1.82, 2.24) is 14.1 Å². The lowest BCUT2D eigenvalue weighted by atomic mass is 10.4. The molecule has 0 bridgehead atoms. The van der Waals surface area contributed by atoms with Crippen LogP contribution in [0.15, 0.2) is 39.4 Å². The summed E-state index contributed by atoms with van der Waals surface area (Å²) in [5, 5.41) is 2.10. The standard InChI is InChI=1S/C12H8ClN3O2S/c1-15-8-4-5-19-10(8)11(17)16(12(15)18)7-2-3-9(13)14-6-7/h2-6H,1H3. The van der Waals surface area contributed by atoms with Gasteiger partial charge in [0, 0.05) is 7.05 Å². The third-order valence-corrected chi connectivity index (χ3v) is 3.97. The normalized spacial score (nSPS) is 11.1. The highest BCUT2D eigenvalue weighted by molar-refractivity contribution is 7.17. The van der Waals surface area contributed by atoms with Crippen molar-refractivity contribution < 1.29 is 0 Å². The van der Waals surface area contributed by atoms with Crippen molar-refractivity contribution in [3.63, 3.8) is 0 Å². The summed E-state index contributed by atoms with van der Waals surface area (Å²) >= 11 is 7.02. The first kappa shape index (κ1) is 12.1. The summed E-state index contributed by atoms with van der Waals surface area (Å²) in [7, 11) is 1.64. The second-order valence-corrected chi connectivity index (χ2v) is 5.26. The van der Waals surface area contributed by atoms with E-state index in [0.717, 1.165) is 4.57 Å². The number of aromatic nitrogens is 3. The number of nitrogens with zero attached hydrogens (tertiary/aromatic N) is 3. The first-order chi connectivity index (χ1) is 9.09. The average molecular weight is 294 g/mol. The van der Waals surface area contributed by atoms with Crippen molar-refractivity contribution in [2.75, 3.05) is 0 Å². The smallest absolute Gasteiger partial charge is 0.295 e. The van der Waals surface area contributed by atoms with Gasteiger partial charge < -0.3 is 0 Å². The van der Waals surface area contributed by atoms with Crippen LogP contribution >= 0.6 is 22.9 Å². The van der Waals surface area contributed by atoms with Crippen LogP contribution in [0.4, 0.5) is 0 Å². The summed E-state index contributed by atoms with van der Waals surface area (Å²) < 4.78 is 3.08. The number of hydrogen-bond acceptors (Lipinski definition) is 4. The molecule has 0 radical (unpaired) electrons. The minimum atomic E-state index is -0.403. The number of pyridine rings is 1. The molecule has 7 heteroatoms. The highest BCUT2D eigenvalue weighted by atomic mass is 35.5. The first-order valence-electron chi connectivity index (χ1n) is 5.41. The van der Waals surface area contributed by atoms with Crippen LogP contribution in [0.2, 0.25) is 5.15 Å². The van der Waals surface area contributed by atoms with Gasteiger partial charge in [0.15, 0.2) is 0 Å². The van der Waals surface area contributed by atoms with Gasteiger partial charge in [-0.15, -0.1) is 11.3 Å². The summed E-state index contributed by atoms with van der Waals surface area (Å²) in [6.07, 6.45) is 1.41. The van der Waals surface area contributed by atoms with E-state index in [1.54, 1.807) is 30.6 Å². The van der Waals surface area contributed by atoms with Crippen LogP contribution in [-0.2, 0) is 7.05 Å². The number of hydrogen-bond donors (Lipinski definition) is 0. The Bertz CT molecular complexity index is 877. The van der Waals surface area contributed by atoms with E-state index in [1.807, 2.05) is 0 Å². The molecule has 0 aliphatic carbocycles. The van der Waals surface area contributed by atoms with Crippen LogP contribution in [0.1, 0.15) is 0 Å². The van der Waals surface area contributed by atoms with Gasteiger partial charge in [-0.2, -0.15) is 0 Å². The van der Waals surface area contributed by atoms with Gasteiger partial charge in [0.05, 0.1) is 17.4 Å². The van der Waals surface area contributed by atoms with Crippen LogP contribution in [0.3, 0.4) is 0 Å². The summed E-state index contributed by atoms with van der Waals surface area (Å²) in [5.74, 6) is 0. The molecule has 0 saturated carbocycles. The molecule has 0 atom stereocenters. The lowest BCUT2D eigenvalue weighted by molar-refractivity contribution is 0.774. The quantitative estimate of drug-likeness (QED) is 0.643. The van der Waals surface area contributed by atoms with Crippen molar-refractivity contribution in [1.29, 1.82) is 0 Å². The summed E-state index contributed by atoms with van der Waals surface area (Å²) in [6, 6.07) is 4.90. The SMILES string of the molecule is Cn1c(=O)n(-c2ccc(Cl)nc2)c(=O)c2sccc21. The maximum Gasteiger partial charge on any atom is 0.335 e. The van der Waals surface area contributed by atoms with Crippen molar-refractivity contribution in [3.8, 4) is 5.69 Å². The predicted octanol–water partition coefficient (Wildman–Crippen LogP) is 1.80. The number of halogens is 1. The molecule has 0 aromatic carbocycles. The Morgan fingerprint density at radius 3 is 2.74 bits per heavy atom. The molecule has 19 heavy (non-hydrogen) atoms. The third kappa shape index (κ3) is 1.80. The van der Waals surface area contributed by atoms with E-state index in [0.29, 0.717) is 21.1 Å². The summed E-state index contributed by atoms with van der Waals surface area (Å²) in [5.41, 5.74) is 0.306. The molecule has 96 valence electrons. The van der Waals surface area contributed by atoms with Crippen LogP contribution in [-0.4, -0.2) is 14.1 Å². The molecule has 0 aliphatic rings.